The zero-order valence-corrected chi connectivity index (χ0v) is 15.9. The normalized spacial score (nSPS) is 10.7. The number of aliphatic hydroxyl groups excluding tert-OH is 1. The quantitative estimate of drug-likeness (QED) is 0.704. The molecule has 2 aromatic rings. The van der Waals surface area contributed by atoms with E-state index in [4.69, 9.17) is 5.11 Å². The van der Waals surface area contributed by atoms with Gasteiger partial charge in [-0.3, -0.25) is 0 Å². The molecule has 0 amide bonds. The highest BCUT2D eigenvalue weighted by molar-refractivity contribution is 5.48. The summed E-state index contributed by atoms with van der Waals surface area (Å²) in [7, 11) is 0. The van der Waals surface area contributed by atoms with E-state index < -0.39 is 0 Å². The van der Waals surface area contributed by atoms with Crippen LogP contribution in [0.3, 0.4) is 0 Å². The highest BCUT2D eigenvalue weighted by Crippen LogP contribution is 2.18. The first-order valence-electron chi connectivity index (χ1n) is 9.50. The van der Waals surface area contributed by atoms with Crippen LogP contribution in [0.4, 0.5) is 11.4 Å². The van der Waals surface area contributed by atoms with E-state index in [-0.39, 0.29) is 6.61 Å². The second-order valence-electron chi connectivity index (χ2n) is 6.31. The minimum atomic E-state index is 0.194. The maximum absolute atomic E-state index is 9.13. The zero-order valence-electron chi connectivity index (χ0n) is 15.9. The Hall–Kier alpha value is -2.00. The number of hydrogen-bond donors (Lipinski definition) is 1. The zero-order chi connectivity index (χ0) is 18.1. The average molecular weight is 341 g/mol. The third kappa shape index (κ3) is 5.50. The van der Waals surface area contributed by atoms with Crippen molar-refractivity contribution in [2.75, 3.05) is 42.6 Å². The van der Waals surface area contributed by atoms with Gasteiger partial charge in [-0.05, 0) is 69.0 Å². The first-order chi connectivity index (χ1) is 12.2. The molecule has 3 heteroatoms. The van der Waals surface area contributed by atoms with E-state index in [0.29, 0.717) is 6.54 Å². The van der Waals surface area contributed by atoms with Crippen molar-refractivity contribution in [3.63, 3.8) is 0 Å². The van der Waals surface area contributed by atoms with Crippen LogP contribution in [0.5, 0.6) is 0 Å². The van der Waals surface area contributed by atoms with Crippen LogP contribution in [-0.2, 0) is 12.8 Å². The minimum absolute atomic E-state index is 0.194. The van der Waals surface area contributed by atoms with Gasteiger partial charge in [0.1, 0.15) is 0 Å². The molecular formula is C22H32N2O. The molecule has 0 saturated carbocycles. The van der Waals surface area contributed by atoms with E-state index >= 15 is 0 Å². The Balaban J connectivity index is 1.92. The minimum Gasteiger partial charge on any atom is -0.395 e. The molecule has 0 heterocycles. The van der Waals surface area contributed by atoms with Gasteiger partial charge in [-0.25, -0.2) is 0 Å². The van der Waals surface area contributed by atoms with Crippen LogP contribution in [0.1, 0.15) is 31.9 Å². The topological polar surface area (TPSA) is 26.7 Å². The van der Waals surface area contributed by atoms with Crippen LogP contribution in [0.2, 0.25) is 0 Å². The van der Waals surface area contributed by atoms with Crippen LogP contribution in [0, 0.1) is 0 Å². The number of benzene rings is 2. The lowest BCUT2D eigenvalue weighted by Crippen LogP contribution is -2.25. The lowest BCUT2D eigenvalue weighted by atomic mass is 10.0. The molecule has 0 aliphatic rings. The van der Waals surface area contributed by atoms with Crippen molar-refractivity contribution in [2.45, 2.75) is 33.6 Å². The Bertz CT molecular complexity index is 603. The number of hydrogen-bond acceptors (Lipinski definition) is 3. The maximum atomic E-state index is 9.13. The summed E-state index contributed by atoms with van der Waals surface area (Å²) in [6.07, 6.45) is 2.11. The fourth-order valence-electron chi connectivity index (χ4n) is 3.21. The van der Waals surface area contributed by atoms with Crippen LogP contribution < -0.4 is 9.80 Å². The Morgan fingerprint density at radius 2 is 1.04 bits per heavy atom. The molecule has 0 spiro atoms. The van der Waals surface area contributed by atoms with Crippen LogP contribution in [0.15, 0.2) is 48.5 Å². The Morgan fingerprint density at radius 3 is 1.40 bits per heavy atom. The molecule has 25 heavy (non-hydrogen) atoms. The highest BCUT2D eigenvalue weighted by Gasteiger charge is 2.04. The number of aliphatic hydroxyl groups is 1. The Kier molecular flexibility index (Phi) is 7.80. The summed E-state index contributed by atoms with van der Waals surface area (Å²) >= 11 is 0. The SMILES string of the molecule is CCN(CC)c1ccc(CCc2ccc(N(CC)CCO)cc2)cc1. The van der Waals surface area contributed by atoms with E-state index in [1.165, 1.54) is 22.5 Å². The highest BCUT2D eigenvalue weighted by atomic mass is 16.3. The van der Waals surface area contributed by atoms with E-state index in [9.17, 15) is 0 Å². The van der Waals surface area contributed by atoms with Crippen molar-refractivity contribution in [3.8, 4) is 0 Å². The molecule has 0 atom stereocenters. The van der Waals surface area contributed by atoms with Crippen molar-refractivity contribution < 1.29 is 5.11 Å². The summed E-state index contributed by atoms with van der Waals surface area (Å²) in [6.45, 7) is 10.4. The van der Waals surface area contributed by atoms with Gasteiger partial charge in [0.25, 0.3) is 0 Å². The first kappa shape index (κ1) is 19.3. The van der Waals surface area contributed by atoms with Crippen molar-refractivity contribution in [1.29, 1.82) is 0 Å². The molecular weight excluding hydrogens is 308 g/mol. The average Bonchev–Trinajstić information content (AvgIpc) is 2.67. The van der Waals surface area contributed by atoms with Crippen molar-refractivity contribution >= 4 is 11.4 Å². The van der Waals surface area contributed by atoms with Crippen LogP contribution in [0.25, 0.3) is 0 Å². The van der Waals surface area contributed by atoms with Crippen molar-refractivity contribution in [1.82, 2.24) is 0 Å². The molecule has 3 nitrogen and oxygen atoms in total. The van der Waals surface area contributed by atoms with Gasteiger partial charge in [-0.1, -0.05) is 24.3 Å². The van der Waals surface area contributed by atoms with E-state index in [2.05, 4.69) is 79.1 Å². The molecule has 0 unspecified atom stereocenters. The van der Waals surface area contributed by atoms with E-state index in [1.807, 2.05) is 0 Å². The van der Waals surface area contributed by atoms with Crippen molar-refractivity contribution in [3.05, 3.63) is 59.7 Å². The second kappa shape index (κ2) is 10.1. The predicted octanol–water partition coefficient (Wildman–Crippen LogP) is 4.14. The molecule has 0 bridgehead atoms. The van der Waals surface area contributed by atoms with E-state index in [0.717, 1.165) is 32.5 Å². The molecule has 0 fully saturated rings. The Labute approximate surface area is 152 Å². The molecule has 136 valence electrons. The van der Waals surface area contributed by atoms with Crippen LogP contribution in [-0.4, -0.2) is 37.9 Å². The maximum Gasteiger partial charge on any atom is 0.0606 e. The number of aryl methyl sites for hydroxylation is 2. The van der Waals surface area contributed by atoms with Gasteiger partial charge in [0.2, 0.25) is 0 Å². The molecule has 1 N–H and O–H groups in total. The lowest BCUT2D eigenvalue weighted by Gasteiger charge is -2.22. The summed E-state index contributed by atoms with van der Waals surface area (Å²) in [6, 6.07) is 17.7. The molecule has 0 aliphatic carbocycles. The number of nitrogens with zero attached hydrogens (tertiary/aromatic N) is 2. The van der Waals surface area contributed by atoms with Gasteiger partial charge in [-0.15, -0.1) is 0 Å². The fraction of sp³-hybridized carbons (Fsp3) is 0.455. The van der Waals surface area contributed by atoms with Gasteiger partial charge < -0.3 is 14.9 Å². The summed E-state index contributed by atoms with van der Waals surface area (Å²) in [4.78, 5) is 4.56. The summed E-state index contributed by atoms with van der Waals surface area (Å²) in [5, 5.41) is 9.13. The molecule has 0 aliphatic heterocycles. The van der Waals surface area contributed by atoms with Gasteiger partial charge >= 0.3 is 0 Å². The molecule has 2 rings (SSSR count). The number of rotatable bonds is 10. The molecule has 0 saturated heterocycles. The van der Waals surface area contributed by atoms with E-state index in [1.54, 1.807) is 0 Å². The smallest absolute Gasteiger partial charge is 0.0606 e. The van der Waals surface area contributed by atoms with Gasteiger partial charge in [-0.2, -0.15) is 0 Å². The summed E-state index contributed by atoms with van der Waals surface area (Å²) < 4.78 is 0. The third-order valence-electron chi connectivity index (χ3n) is 4.82. The van der Waals surface area contributed by atoms with Gasteiger partial charge in [0.15, 0.2) is 0 Å². The molecule has 0 aromatic heterocycles. The third-order valence-corrected chi connectivity index (χ3v) is 4.82. The first-order valence-corrected chi connectivity index (χ1v) is 9.50. The Morgan fingerprint density at radius 1 is 0.640 bits per heavy atom. The standard InChI is InChI=1S/C22H32N2O/c1-4-23(5-2)21-13-9-19(10-14-21)7-8-20-11-15-22(16-12-20)24(6-3)17-18-25/h9-16,25H,4-8,17-18H2,1-3H3. The fourth-order valence-corrected chi connectivity index (χ4v) is 3.21. The largest absolute Gasteiger partial charge is 0.395 e. The van der Waals surface area contributed by atoms with Gasteiger partial charge in [0, 0.05) is 37.6 Å². The monoisotopic (exact) mass is 340 g/mol. The van der Waals surface area contributed by atoms with Crippen LogP contribution >= 0.6 is 0 Å². The van der Waals surface area contributed by atoms with Gasteiger partial charge in [0.05, 0.1) is 6.61 Å². The summed E-state index contributed by atoms with van der Waals surface area (Å²) in [5.41, 5.74) is 5.23. The number of likely N-dealkylation sites (N-methyl/N-ethyl adjacent to an activating group) is 1. The second-order valence-corrected chi connectivity index (χ2v) is 6.31. The van der Waals surface area contributed by atoms with Crippen molar-refractivity contribution in [2.24, 2.45) is 0 Å². The predicted molar refractivity (Wildman–Crippen MR) is 109 cm³/mol. The summed E-state index contributed by atoms with van der Waals surface area (Å²) in [5.74, 6) is 0. The number of anilines is 2. The molecule has 0 radical (unpaired) electrons. The lowest BCUT2D eigenvalue weighted by molar-refractivity contribution is 0.302. The molecule has 2 aromatic carbocycles.